The molecule has 57 heavy (non-hydrogen) atoms. The van der Waals surface area contributed by atoms with Crippen molar-refractivity contribution in [3.8, 4) is 39.5 Å². The van der Waals surface area contributed by atoms with Crippen molar-refractivity contribution in [3.05, 3.63) is 138 Å². The average molecular weight is 930 g/mol. The number of hydrogen-bond acceptors (Lipinski definition) is 2. The molecule has 0 amide bonds. The Morgan fingerprint density at radius 1 is 0.509 bits per heavy atom. The molecule has 292 valence electrons. The summed E-state index contributed by atoms with van der Waals surface area (Å²) in [6.45, 7) is 27.3. The number of benzene rings is 4. The van der Waals surface area contributed by atoms with E-state index in [0.717, 1.165) is 61.5 Å². The average Bonchev–Trinajstić information content (AvgIpc) is 3.69. The van der Waals surface area contributed by atoms with Crippen LogP contribution in [-0.2, 0) is 42.7 Å². The fourth-order valence-corrected chi connectivity index (χ4v) is 7.77. The predicted octanol–water partition coefficient (Wildman–Crippen LogP) is 13.7. The van der Waals surface area contributed by atoms with Crippen LogP contribution in [0.25, 0.3) is 72.2 Å². The second-order valence-corrected chi connectivity index (χ2v) is 19.7. The van der Waals surface area contributed by atoms with E-state index >= 15 is 0 Å². The summed E-state index contributed by atoms with van der Waals surface area (Å²) >= 11 is 0. The molecule has 0 saturated carbocycles. The quantitative estimate of drug-likeness (QED) is 0.165. The molecule has 4 nitrogen and oxygen atoms in total. The van der Waals surface area contributed by atoms with Crippen LogP contribution in [0, 0.1) is 6.07 Å². The van der Waals surface area contributed by atoms with Crippen molar-refractivity contribution in [2.75, 3.05) is 0 Å². The van der Waals surface area contributed by atoms with Gasteiger partial charge in [0.25, 0.3) is 0 Å². The van der Waals surface area contributed by atoms with E-state index in [9.17, 15) is 0 Å². The van der Waals surface area contributed by atoms with E-state index in [2.05, 4.69) is 185 Å². The van der Waals surface area contributed by atoms with Crippen molar-refractivity contribution in [3.63, 3.8) is 0 Å². The fourth-order valence-electron chi connectivity index (χ4n) is 7.77. The SMILES string of the molecule is CC(C)(C)c1cc(-c2cc(-c3ccccn3)[c-]c(-c3ccc4c5cc(C(C)(C)C)ccc5n(-c5[n-]c(C(C)(C)C)c6ccccc56)c4n3)c2)cc(C(C)(C)C)c1.[Pt+2]. The summed E-state index contributed by atoms with van der Waals surface area (Å²) in [5, 5.41) is 4.59. The van der Waals surface area contributed by atoms with Crippen LogP contribution in [0.5, 0.6) is 0 Å². The topological polar surface area (TPSA) is 44.8 Å². The van der Waals surface area contributed by atoms with E-state index in [1.165, 1.54) is 33.0 Å². The molecule has 0 fully saturated rings. The minimum atomic E-state index is -0.136. The summed E-state index contributed by atoms with van der Waals surface area (Å²) in [5.74, 6) is 0.916. The molecule has 4 heterocycles. The monoisotopic (exact) mass is 929 g/mol. The molecule has 0 spiro atoms. The molecular formula is C52H54N4Pt. The van der Waals surface area contributed by atoms with Gasteiger partial charge in [-0.25, -0.2) is 0 Å². The summed E-state index contributed by atoms with van der Waals surface area (Å²) in [6, 6.07) is 41.3. The minimum Gasteiger partial charge on any atom is -0.438 e. The van der Waals surface area contributed by atoms with E-state index in [0.29, 0.717) is 0 Å². The van der Waals surface area contributed by atoms with Crippen molar-refractivity contribution in [1.29, 1.82) is 0 Å². The van der Waals surface area contributed by atoms with Gasteiger partial charge in [0.15, 0.2) is 0 Å². The number of fused-ring (bicyclic) bond motifs is 4. The Kier molecular flexibility index (Phi) is 10.1. The van der Waals surface area contributed by atoms with Gasteiger partial charge < -0.3 is 9.55 Å². The maximum atomic E-state index is 5.58. The molecule has 0 saturated heterocycles. The largest absolute Gasteiger partial charge is 2.00 e. The van der Waals surface area contributed by atoms with E-state index in [1.807, 2.05) is 18.3 Å². The van der Waals surface area contributed by atoms with E-state index in [-0.39, 0.29) is 42.7 Å². The molecule has 8 aromatic rings. The van der Waals surface area contributed by atoms with E-state index < -0.39 is 0 Å². The van der Waals surface area contributed by atoms with Crippen LogP contribution in [0.3, 0.4) is 0 Å². The molecule has 8 rings (SSSR count). The van der Waals surface area contributed by atoms with Gasteiger partial charge in [-0.05, 0) is 77.5 Å². The molecule has 0 atom stereocenters. The fraction of sp³-hybridized carbons (Fsp3) is 0.308. The minimum absolute atomic E-state index is 0. The number of nitrogens with zero attached hydrogens (tertiary/aromatic N) is 4. The predicted molar refractivity (Wildman–Crippen MR) is 237 cm³/mol. The van der Waals surface area contributed by atoms with Crippen LogP contribution in [0.2, 0.25) is 0 Å². The zero-order valence-electron chi connectivity index (χ0n) is 35.5. The molecule has 4 aromatic carbocycles. The molecule has 0 bridgehead atoms. The number of rotatable bonds is 4. The van der Waals surface area contributed by atoms with Crippen molar-refractivity contribution in [2.45, 2.75) is 105 Å². The standard InChI is InChI=1S/C52H54N4.Pt/c1-49(2,3)36-20-23-45-42(31-36)41-21-22-44(54-47(41)56(45)48-40-18-14-13-17-39(40)46(55-48)52(10,11)12)35-26-32(25-34(27-35)43-19-15-16-24-53-43)33-28-37(50(4,5)6)30-38(29-33)51(7,8)9;/h13-26,28-31H,1-12H3;/q-2;+2. The van der Waals surface area contributed by atoms with Gasteiger partial charge in [-0.2, -0.15) is 0 Å². The first-order chi connectivity index (χ1) is 26.3. The van der Waals surface area contributed by atoms with Crippen molar-refractivity contribution in [1.82, 2.24) is 19.5 Å². The van der Waals surface area contributed by atoms with Gasteiger partial charge in [0.05, 0.1) is 5.65 Å². The Labute approximate surface area is 353 Å². The second-order valence-electron chi connectivity index (χ2n) is 19.7. The van der Waals surface area contributed by atoms with Gasteiger partial charge >= 0.3 is 21.1 Å². The van der Waals surface area contributed by atoms with Crippen LogP contribution in [-0.4, -0.2) is 14.5 Å². The third kappa shape index (κ3) is 7.54. The van der Waals surface area contributed by atoms with Crippen molar-refractivity contribution < 1.29 is 21.1 Å². The first-order valence-corrected chi connectivity index (χ1v) is 19.9. The van der Waals surface area contributed by atoms with E-state index in [1.54, 1.807) is 0 Å². The van der Waals surface area contributed by atoms with Crippen molar-refractivity contribution >= 4 is 32.7 Å². The van der Waals surface area contributed by atoms with Crippen LogP contribution in [0.15, 0.2) is 109 Å². The molecule has 0 unspecified atom stereocenters. The zero-order chi connectivity index (χ0) is 39.9. The Balaban J connectivity index is 0.00000496. The van der Waals surface area contributed by atoms with Gasteiger partial charge in [-0.3, -0.25) is 9.97 Å². The number of hydrogen-bond donors (Lipinski definition) is 0. The number of aromatic nitrogens is 4. The zero-order valence-corrected chi connectivity index (χ0v) is 37.8. The molecule has 4 aromatic heterocycles. The Bertz CT molecular complexity index is 2740. The maximum Gasteiger partial charge on any atom is 2.00 e. The van der Waals surface area contributed by atoms with Crippen LogP contribution < -0.4 is 4.98 Å². The van der Waals surface area contributed by atoms with Crippen LogP contribution >= 0.6 is 0 Å². The third-order valence-electron chi connectivity index (χ3n) is 11.1. The Hall–Kier alpha value is -4.79. The summed E-state index contributed by atoms with van der Waals surface area (Å²) in [5.41, 5.74) is 12.7. The summed E-state index contributed by atoms with van der Waals surface area (Å²) in [4.78, 5) is 15.8. The maximum absolute atomic E-state index is 5.58. The Morgan fingerprint density at radius 3 is 1.70 bits per heavy atom. The smallest absolute Gasteiger partial charge is 0.438 e. The van der Waals surface area contributed by atoms with Crippen molar-refractivity contribution in [2.24, 2.45) is 0 Å². The Morgan fingerprint density at radius 2 is 1.11 bits per heavy atom. The number of pyridine rings is 2. The first-order valence-electron chi connectivity index (χ1n) is 19.9. The van der Waals surface area contributed by atoms with Gasteiger partial charge in [0.2, 0.25) is 0 Å². The molecule has 5 heteroatoms. The summed E-state index contributed by atoms with van der Waals surface area (Å²) in [6.07, 6.45) is 1.85. The summed E-state index contributed by atoms with van der Waals surface area (Å²) < 4.78 is 2.30. The van der Waals surface area contributed by atoms with E-state index in [4.69, 9.17) is 15.0 Å². The van der Waals surface area contributed by atoms with Crippen LogP contribution in [0.4, 0.5) is 0 Å². The molecule has 0 radical (unpaired) electrons. The van der Waals surface area contributed by atoms with Gasteiger partial charge in [0, 0.05) is 23.0 Å². The molecule has 0 aliphatic rings. The van der Waals surface area contributed by atoms with Gasteiger partial charge in [0.1, 0.15) is 0 Å². The van der Waals surface area contributed by atoms with Gasteiger partial charge in [-0.15, -0.1) is 18.2 Å². The summed E-state index contributed by atoms with van der Waals surface area (Å²) in [7, 11) is 0. The molecular weight excluding hydrogens is 876 g/mol. The van der Waals surface area contributed by atoms with Gasteiger partial charge in [-0.1, -0.05) is 190 Å². The molecule has 0 N–H and O–H groups in total. The molecule has 0 aliphatic heterocycles. The second kappa shape index (κ2) is 14.2. The first kappa shape index (κ1) is 40.4. The normalized spacial score (nSPS) is 12.8. The van der Waals surface area contributed by atoms with Crippen LogP contribution in [0.1, 0.15) is 105 Å². The molecule has 0 aliphatic carbocycles. The third-order valence-corrected chi connectivity index (χ3v) is 11.1.